The Balaban J connectivity index is 1.23. The Bertz CT molecular complexity index is 3050. The Hall–Kier alpha value is -5.13. The van der Waals surface area contributed by atoms with Crippen molar-refractivity contribution in [3.63, 3.8) is 0 Å². The lowest BCUT2D eigenvalue weighted by atomic mass is 9.68. The highest BCUT2D eigenvalue weighted by Crippen LogP contribution is 2.67. The van der Waals surface area contributed by atoms with Gasteiger partial charge in [-0.25, -0.2) is 4.98 Å². The maximum atomic E-state index is 7.22. The first kappa shape index (κ1) is 43.1. The molecule has 0 fully saturated rings. The summed E-state index contributed by atoms with van der Waals surface area (Å²) < 4.78 is 9.33. The Morgan fingerprint density at radius 3 is 1.94 bits per heavy atom. The van der Waals surface area contributed by atoms with Crippen LogP contribution < -0.4 is 4.74 Å². The van der Waals surface area contributed by atoms with Gasteiger partial charge in [-0.1, -0.05) is 110 Å². The van der Waals surface area contributed by atoms with E-state index in [2.05, 4.69) is 200 Å². The van der Waals surface area contributed by atoms with Gasteiger partial charge in [0.15, 0.2) is 0 Å². The summed E-state index contributed by atoms with van der Waals surface area (Å²) in [4.78, 5) is 10.9. The van der Waals surface area contributed by atoms with Crippen LogP contribution in [0, 0.1) is 47.0 Å². The summed E-state index contributed by atoms with van der Waals surface area (Å²) in [5.74, 6) is 1.59. The molecule has 5 aromatic carbocycles. The van der Waals surface area contributed by atoms with Crippen molar-refractivity contribution in [2.45, 2.75) is 138 Å². The van der Waals surface area contributed by atoms with Gasteiger partial charge in [0.25, 0.3) is 0 Å². The second-order valence-electron chi connectivity index (χ2n) is 22.3. The van der Waals surface area contributed by atoms with Crippen LogP contribution in [0.5, 0.6) is 11.5 Å². The topological polar surface area (TPSA) is 39.4 Å². The Morgan fingerprint density at radius 1 is 0.619 bits per heavy atom. The number of ether oxygens (including phenoxy) is 1. The van der Waals surface area contributed by atoms with Crippen molar-refractivity contribution in [1.82, 2.24) is 9.55 Å². The number of aliphatic imine (C=N–C) groups is 1. The lowest BCUT2D eigenvalue weighted by Gasteiger charge is -2.46. The highest BCUT2D eigenvalue weighted by molar-refractivity contribution is 8.15. The van der Waals surface area contributed by atoms with E-state index in [0.717, 1.165) is 61.9 Å². The van der Waals surface area contributed by atoms with E-state index in [-0.39, 0.29) is 26.5 Å². The monoisotopic (exact) mass is 851 g/mol. The Morgan fingerprint density at radius 2 is 1.27 bits per heavy atom. The maximum Gasteiger partial charge on any atom is 0.145 e. The SMILES string of the molecule is Cc1cc(C)c(-c2cc(Oc3cc(-n4c5ccc(C(C)(C)C)cc5c5cc(C)cnc54)cc(C(C)(C)C)c3)cc(C3=N[C@]4(C)Cc5cc(C)c(C)cc5[C@]4(C(C)(C)C)S3)c2)c(C)c1. The number of nitrogens with zero attached hydrogens (tertiary/aromatic N) is 3. The minimum absolute atomic E-state index is 0.0190. The molecule has 2 aliphatic rings. The van der Waals surface area contributed by atoms with Gasteiger partial charge in [0.1, 0.15) is 17.1 Å². The van der Waals surface area contributed by atoms with E-state index in [4.69, 9.17) is 14.7 Å². The van der Waals surface area contributed by atoms with E-state index >= 15 is 0 Å². The fourth-order valence-corrected chi connectivity index (χ4v) is 12.6. The molecule has 1 aliphatic heterocycles. The summed E-state index contributed by atoms with van der Waals surface area (Å²) in [7, 11) is 0. The summed E-state index contributed by atoms with van der Waals surface area (Å²) in [6.45, 7) is 36.6. The predicted octanol–water partition coefficient (Wildman–Crippen LogP) is 15.8. The molecule has 324 valence electrons. The molecule has 3 heterocycles. The quantitative estimate of drug-likeness (QED) is 0.173. The molecule has 0 N–H and O–H groups in total. The molecule has 0 radical (unpaired) electrons. The minimum Gasteiger partial charge on any atom is -0.457 e. The lowest BCUT2D eigenvalue weighted by Crippen LogP contribution is -2.49. The van der Waals surface area contributed by atoms with Gasteiger partial charge in [-0.15, -0.1) is 0 Å². The van der Waals surface area contributed by atoms with Crippen LogP contribution in [0.15, 0.2) is 96.1 Å². The molecule has 0 saturated carbocycles. The third kappa shape index (κ3) is 7.05. The van der Waals surface area contributed by atoms with Crippen molar-refractivity contribution in [3.8, 4) is 28.3 Å². The summed E-state index contributed by atoms with van der Waals surface area (Å²) in [6.07, 6.45) is 2.91. The Labute approximate surface area is 380 Å². The number of benzene rings is 5. The molecule has 63 heavy (non-hydrogen) atoms. The molecule has 0 bridgehead atoms. The molecule has 2 atom stereocenters. The zero-order valence-corrected chi connectivity index (χ0v) is 41.3. The van der Waals surface area contributed by atoms with Gasteiger partial charge in [-0.3, -0.25) is 9.56 Å². The molecule has 1 aliphatic carbocycles. The first-order chi connectivity index (χ1) is 29.4. The highest BCUT2D eigenvalue weighted by atomic mass is 32.2. The number of rotatable bonds is 5. The smallest absolute Gasteiger partial charge is 0.145 e. The van der Waals surface area contributed by atoms with Crippen LogP contribution in [-0.4, -0.2) is 20.1 Å². The summed E-state index contributed by atoms with van der Waals surface area (Å²) >= 11 is 1.97. The molecule has 0 unspecified atom stereocenters. The van der Waals surface area contributed by atoms with Gasteiger partial charge < -0.3 is 4.74 Å². The fraction of sp³-hybridized carbons (Fsp3) is 0.379. The third-order valence-electron chi connectivity index (χ3n) is 14.0. The van der Waals surface area contributed by atoms with Crippen LogP contribution in [0.1, 0.15) is 130 Å². The van der Waals surface area contributed by atoms with E-state index in [0.29, 0.717) is 0 Å². The van der Waals surface area contributed by atoms with Crippen molar-refractivity contribution in [2.75, 3.05) is 0 Å². The number of aryl methyl sites for hydroxylation is 6. The third-order valence-corrected chi connectivity index (χ3v) is 16.1. The number of fused-ring (bicyclic) bond motifs is 6. The van der Waals surface area contributed by atoms with Gasteiger partial charge in [0, 0.05) is 28.6 Å². The normalized spacial score (nSPS) is 18.9. The van der Waals surface area contributed by atoms with E-state index < -0.39 is 0 Å². The van der Waals surface area contributed by atoms with Gasteiger partial charge >= 0.3 is 0 Å². The molecular weight excluding hydrogens is 787 g/mol. The highest BCUT2D eigenvalue weighted by Gasteiger charge is 2.65. The molecule has 0 spiro atoms. The molecule has 7 aromatic rings. The van der Waals surface area contributed by atoms with Crippen molar-refractivity contribution in [3.05, 3.63) is 152 Å². The van der Waals surface area contributed by atoms with Crippen molar-refractivity contribution >= 4 is 38.7 Å². The average molecular weight is 852 g/mol. The van der Waals surface area contributed by atoms with E-state index in [9.17, 15) is 0 Å². The number of thioether (sulfide) groups is 1. The Kier molecular flexibility index (Phi) is 9.89. The van der Waals surface area contributed by atoms with Crippen LogP contribution in [0.25, 0.3) is 38.8 Å². The summed E-state index contributed by atoms with van der Waals surface area (Å²) in [5, 5.41) is 3.46. The van der Waals surface area contributed by atoms with E-state index in [1.807, 2.05) is 18.0 Å². The van der Waals surface area contributed by atoms with Crippen LogP contribution in [-0.2, 0) is 22.0 Å². The minimum atomic E-state index is -0.307. The second kappa shape index (κ2) is 14.4. The zero-order chi connectivity index (χ0) is 45.3. The number of pyridine rings is 1. The first-order valence-corrected chi connectivity index (χ1v) is 23.6. The zero-order valence-electron chi connectivity index (χ0n) is 40.5. The van der Waals surface area contributed by atoms with Crippen LogP contribution in [0.2, 0.25) is 0 Å². The maximum absolute atomic E-state index is 7.22. The summed E-state index contributed by atoms with van der Waals surface area (Å²) in [5.41, 5.74) is 19.1. The predicted molar refractivity (Wildman–Crippen MR) is 270 cm³/mol. The van der Waals surface area contributed by atoms with E-state index in [1.54, 1.807) is 0 Å². The van der Waals surface area contributed by atoms with Gasteiger partial charge in [0.2, 0.25) is 0 Å². The average Bonchev–Trinajstić information content (AvgIpc) is 3.75. The van der Waals surface area contributed by atoms with Crippen LogP contribution in [0.3, 0.4) is 0 Å². The van der Waals surface area contributed by atoms with Crippen molar-refractivity contribution in [2.24, 2.45) is 10.4 Å². The standard InChI is InChI=1S/C58H65N3OS/c1-33-19-37(5)51(38(6)20-33)39-24-40(53-60-57(16)31-41-22-35(3)36(4)23-49(41)58(57,63-53)56(13,14)15)26-45(25-39)62-46-28-43(55(10,11)12)27-44(30-46)61-50-18-17-42(54(7,8)9)29-47(50)48-21-34(2)32-59-52(48)61/h17-30,32H,31H2,1-16H3/t57-,58-/m1/s1. The van der Waals surface area contributed by atoms with Crippen molar-refractivity contribution in [1.29, 1.82) is 0 Å². The number of hydrogen-bond donors (Lipinski definition) is 0. The molecular formula is C58H65N3OS. The second-order valence-corrected chi connectivity index (χ2v) is 23.5. The van der Waals surface area contributed by atoms with Gasteiger partial charge in [0.05, 0.1) is 26.5 Å². The lowest BCUT2D eigenvalue weighted by molar-refractivity contribution is 0.203. The van der Waals surface area contributed by atoms with Crippen LogP contribution >= 0.6 is 11.8 Å². The molecule has 0 saturated heterocycles. The van der Waals surface area contributed by atoms with Crippen molar-refractivity contribution < 1.29 is 4.74 Å². The largest absolute Gasteiger partial charge is 0.457 e. The molecule has 0 amide bonds. The summed E-state index contributed by atoms with van der Waals surface area (Å²) in [6, 6.07) is 32.3. The van der Waals surface area contributed by atoms with Gasteiger partial charge in [-0.05, 0) is 181 Å². The van der Waals surface area contributed by atoms with Crippen LogP contribution in [0.4, 0.5) is 0 Å². The molecule has 4 nitrogen and oxygen atoms in total. The fourth-order valence-electron chi connectivity index (χ4n) is 10.9. The number of aromatic nitrogens is 2. The number of hydrogen-bond acceptors (Lipinski definition) is 4. The first-order valence-electron chi connectivity index (χ1n) is 22.8. The van der Waals surface area contributed by atoms with E-state index in [1.165, 1.54) is 61.0 Å². The molecule has 5 heteroatoms. The molecule has 9 rings (SSSR count). The molecule has 2 aromatic heterocycles. The van der Waals surface area contributed by atoms with Gasteiger partial charge in [-0.2, -0.15) is 0 Å².